The van der Waals surface area contributed by atoms with Gasteiger partial charge in [-0.15, -0.1) is 0 Å². The van der Waals surface area contributed by atoms with Crippen LogP contribution in [0.2, 0.25) is 5.02 Å². The van der Waals surface area contributed by atoms with Crippen molar-refractivity contribution in [2.45, 2.75) is 32.4 Å². The van der Waals surface area contributed by atoms with Crippen LogP contribution in [0.5, 0.6) is 0 Å². The molecule has 1 aliphatic heterocycles. The van der Waals surface area contributed by atoms with E-state index in [1.165, 1.54) is 24.0 Å². The predicted octanol–water partition coefficient (Wildman–Crippen LogP) is 4.12. The van der Waals surface area contributed by atoms with Crippen molar-refractivity contribution in [3.8, 4) is 0 Å². The van der Waals surface area contributed by atoms with Crippen LogP contribution >= 0.6 is 11.6 Å². The van der Waals surface area contributed by atoms with Gasteiger partial charge in [0, 0.05) is 11.6 Å². The van der Waals surface area contributed by atoms with Crippen LogP contribution in [0.25, 0.3) is 0 Å². The number of carbonyl (C=O) groups excluding carboxylic acids is 1. The molecule has 1 aliphatic rings. The van der Waals surface area contributed by atoms with Crippen LogP contribution in [0.4, 0.5) is 0 Å². The third kappa shape index (κ3) is 5.80. The van der Waals surface area contributed by atoms with E-state index in [0.29, 0.717) is 18.2 Å². The average Bonchev–Trinajstić information content (AvgIpc) is 3.19. The number of rotatable bonds is 8. The summed E-state index contributed by atoms with van der Waals surface area (Å²) in [6.45, 7) is 5.21. The molecule has 2 aromatic rings. The second-order valence-electron chi connectivity index (χ2n) is 7.06. The van der Waals surface area contributed by atoms with Crippen molar-refractivity contribution in [1.82, 2.24) is 10.2 Å². The van der Waals surface area contributed by atoms with Gasteiger partial charge in [0.05, 0.1) is 12.6 Å². The third-order valence-corrected chi connectivity index (χ3v) is 5.35. The van der Waals surface area contributed by atoms with Gasteiger partial charge in [0.1, 0.15) is 6.61 Å². The summed E-state index contributed by atoms with van der Waals surface area (Å²) in [5.41, 5.74) is 3.39. The highest BCUT2D eigenvalue weighted by atomic mass is 35.5. The van der Waals surface area contributed by atoms with Crippen molar-refractivity contribution in [3.05, 3.63) is 70.2 Å². The van der Waals surface area contributed by atoms with Gasteiger partial charge in [-0.2, -0.15) is 0 Å². The highest BCUT2D eigenvalue weighted by Crippen LogP contribution is 2.25. The Hall–Kier alpha value is -1.88. The fourth-order valence-corrected chi connectivity index (χ4v) is 3.62. The normalized spacial score (nSPS) is 15.6. The molecule has 0 aliphatic carbocycles. The second kappa shape index (κ2) is 9.88. The Morgan fingerprint density at radius 3 is 2.56 bits per heavy atom. The number of hydrogen-bond donors (Lipinski definition) is 1. The van der Waals surface area contributed by atoms with Crippen LogP contribution in [0.3, 0.4) is 0 Å². The molecule has 1 heterocycles. The molecule has 1 N–H and O–H groups in total. The van der Waals surface area contributed by atoms with Gasteiger partial charge in [-0.3, -0.25) is 9.69 Å². The Morgan fingerprint density at radius 1 is 1.15 bits per heavy atom. The molecule has 144 valence electrons. The van der Waals surface area contributed by atoms with Crippen molar-refractivity contribution in [1.29, 1.82) is 0 Å². The van der Waals surface area contributed by atoms with Crippen LogP contribution in [0.1, 0.15) is 35.6 Å². The maximum absolute atomic E-state index is 12.2. The molecule has 1 unspecified atom stereocenters. The molecule has 1 saturated heterocycles. The van der Waals surface area contributed by atoms with Gasteiger partial charge in [0.2, 0.25) is 5.91 Å². The number of halogens is 1. The first-order chi connectivity index (χ1) is 13.1. The summed E-state index contributed by atoms with van der Waals surface area (Å²) < 4.78 is 5.53. The quantitative estimate of drug-likeness (QED) is 0.742. The van der Waals surface area contributed by atoms with Crippen molar-refractivity contribution >= 4 is 17.5 Å². The number of nitrogens with one attached hydrogen (secondary N) is 1. The van der Waals surface area contributed by atoms with Gasteiger partial charge in [-0.05, 0) is 50.0 Å². The highest BCUT2D eigenvalue weighted by molar-refractivity contribution is 6.31. The lowest BCUT2D eigenvalue weighted by Gasteiger charge is -2.28. The van der Waals surface area contributed by atoms with E-state index >= 15 is 0 Å². The SMILES string of the molecule is Cc1ccc(C(CNC(=O)COCc2ccccc2Cl)N2CCCC2)cc1. The van der Waals surface area contributed by atoms with E-state index in [9.17, 15) is 4.79 Å². The molecule has 4 nitrogen and oxygen atoms in total. The maximum Gasteiger partial charge on any atom is 0.246 e. The van der Waals surface area contributed by atoms with Crippen molar-refractivity contribution in [3.63, 3.8) is 0 Å². The minimum Gasteiger partial charge on any atom is -0.367 e. The lowest BCUT2D eigenvalue weighted by Crippen LogP contribution is -2.38. The average molecular weight is 387 g/mol. The summed E-state index contributed by atoms with van der Waals surface area (Å²) in [6, 6.07) is 16.3. The first-order valence-electron chi connectivity index (χ1n) is 9.52. The molecule has 1 amide bonds. The predicted molar refractivity (Wildman–Crippen MR) is 109 cm³/mol. The van der Waals surface area contributed by atoms with E-state index < -0.39 is 0 Å². The zero-order valence-corrected chi connectivity index (χ0v) is 16.5. The van der Waals surface area contributed by atoms with Gasteiger partial charge < -0.3 is 10.1 Å². The van der Waals surface area contributed by atoms with E-state index in [4.69, 9.17) is 16.3 Å². The summed E-state index contributed by atoms with van der Waals surface area (Å²) in [7, 11) is 0. The third-order valence-electron chi connectivity index (χ3n) is 4.98. The number of aryl methyl sites for hydroxylation is 1. The van der Waals surface area contributed by atoms with Crippen LogP contribution in [0, 0.1) is 6.92 Å². The number of amides is 1. The van der Waals surface area contributed by atoms with Crippen LogP contribution in [-0.2, 0) is 16.1 Å². The number of hydrogen-bond acceptors (Lipinski definition) is 3. The number of carbonyl (C=O) groups is 1. The molecule has 3 rings (SSSR count). The molecule has 5 heteroatoms. The van der Waals surface area contributed by atoms with Crippen LogP contribution in [0.15, 0.2) is 48.5 Å². The second-order valence-corrected chi connectivity index (χ2v) is 7.47. The molecule has 0 bridgehead atoms. The summed E-state index contributed by atoms with van der Waals surface area (Å²) in [6.07, 6.45) is 2.44. The van der Waals surface area contributed by atoms with Gasteiger partial charge in [0.15, 0.2) is 0 Å². The van der Waals surface area contributed by atoms with E-state index in [0.717, 1.165) is 18.7 Å². The van der Waals surface area contributed by atoms with Gasteiger partial charge >= 0.3 is 0 Å². The Morgan fingerprint density at radius 2 is 1.85 bits per heavy atom. The molecule has 27 heavy (non-hydrogen) atoms. The number of likely N-dealkylation sites (tertiary alicyclic amines) is 1. The van der Waals surface area contributed by atoms with Gasteiger partial charge in [-0.1, -0.05) is 59.6 Å². The summed E-state index contributed by atoms with van der Waals surface area (Å²) in [4.78, 5) is 14.7. The molecular formula is C22H27ClN2O2. The largest absolute Gasteiger partial charge is 0.367 e. The van der Waals surface area contributed by atoms with Gasteiger partial charge in [0.25, 0.3) is 0 Å². The Kier molecular flexibility index (Phi) is 7.27. The molecule has 0 saturated carbocycles. The summed E-state index contributed by atoms with van der Waals surface area (Å²) in [5, 5.41) is 3.69. The summed E-state index contributed by atoms with van der Waals surface area (Å²) in [5.74, 6) is -0.0987. The zero-order valence-electron chi connectivity index (χ0n) is 15.8. The fraction of sp³-hybridized carbons (Fsp3) is 0.409. The number of ether oxygens (including phenoxy) is 1. The lowest BCUT2D eigenvalue weighted by molar-refractivity contribution is -0.126. The Labute approximate surface area is 166 Å². The van der Waals surface area contributed by atoms with E-state index in [2.05, 4.69) is 41.4 Å². The Balaban J connectivity index is 1.51. The molecule has 0 spiro atoms. The number of benzene rings is 2. The minimum atomic E-state index is -0.0987. The zero-order chi connectivity index (χ0) is 19.1. The molecule has 2 aromatic carbocycles. The van der Waals surface area contributed by atoms with Crippen molar-refractivity contribution in [2.75, 3.05) is 26.2 Å². The molecule has 0 radical (unpaired) electrons. The minimum absolute atomic E-state index is 0.0336. The fourth-order valence-electron chi connectivity index (χ4n) is 3.43. The monoisotopic (exact) mass is 386 g/mol. The highest BCUT2D eigenvalue weighted by Gasteiger charge is 2.23. The molecule has 1 fully saturated rings. The van der Waals surface area contributed by atoms with Crippen molar-refractivity contribution < 1.29 is 9.53 Å². The first kappa shape index (κ1) is 19.9. The van der Waals surface area contributed by atoms with E-state index in [-0.39, 0.29) is 18.6 Å². The first-order valence-corrected chi connectivity index (χ1v) is 9.90. The molecular weight excluding hydrogens is 360 g/mol. The number of nitrogens with zero attached hydrogens (tertiary/aromatic N) is 1. The lowest BCUT2D eigenvalue weighted by atomic mass is 10.0. The maximum atomic E-state index is 12.2. The molecule has 0 aromatic heterocycles. The van der Waals surface area contributed by atoms with Crippen LogP contribution < -0.4 is 5.32 Å². The van der Waals surface area contributed by atoms with Crippen LogP contribution in [-0.4, -0.2) is 37.0 Å². The topological polar surface area (TPSA) is 41.6 Å². The van der Waals surface area contributed by atoms with E-state index in [1.807, 2.05) is 24.3 Å². The smallest absolute Gasteiger partial charge is 0.246 e. The molecule has 1 atom stereocenters. The van der Waals surface area contributed by atoms with E-state index in [1.54, 1.807) is 0 Å². The standard InChI is InChI=1S/C22H27ClN2O2/c1-17-8-10-18(11-9-17)21(25-12-4-5-13-25)14-24-22(26)16-27-15-19-6-2-3-7-20(19)23/h2-3,6-11,21H,4-5,12-16H2,1H3,(H,24,26). The Bertz CT molecular complexity index is 742. The summed E-state index contributed by atoms with van der Waals surface area (Å²) >= 11 is 6.11. The van der Waals surface area contributed by atoms with Gasteiger partial charge in [-0.25, -0.2) is 0 Å². The van der Waals surface area contributed by atoms with Crippen molar-refractivity contribution in [2.24, 2.45) is 0 Å².